The van der Waals surface area contributed by atoms with Crippen molar-refractivity contribution < 1.29 is 5.94 Å². The third kappa shape index (κ3) is 2.26. The summed E-state index contributed by atoms with van der Waals surface area (Å²) >= 11 is 0. The minimum Gasteiger partial charge on any atom is -0.201 e. The van der Waals surface area contributed by atoms with Gasteiger partial charge in [-0.25, -0.2) is 4.57 Å². The predicted octanol–water partition coefficient (Wildman–Crippen LogP) is 4.32. The molecule has 3 rings (SSSR count). The first-order valence-corrected chi connectivity index (χ1v) is 7.58. The number of hydrogen-bond donors (Lipinski definition) is 0. The van der Waals surface area contributed by atoms with Crippen LogP contribution in [0.2, 0.25) is 0 Å². The monoisotopic (exact) mass is 267 g/mol. The summed E-state index contributed by atoms with van der Waals surface area (Å²) in [4.78, 5) is 0. The van der Waals surface area contributed by atoms with Crippen LogP contribution in [0.15, 0.2) is 42.6 Å². The van der Waals surface area contributed by atoms with Gasteiger partial charge in [0.05, 0.1) is 1.37 Å². The van der Waals surface area contributed by atoms with Crippen molar-refractivity contribution in [3.8, 4) is 11.3 Å². The van der Waals surface area contributed by atoms with E-state index >= 15 is 0 Å². The Morgan fingerprint density at radius 3 is 2.60 bits per heavy atom. The molecule has 104 valence electrons. The van der Waals surface area contributed by atoms with E-state index in [0.29, 0.717) is 6.04 Å². The Morgan fingerprint density at radius 2 is 1.90 bits per heavy atom. The van der Waals surface area contributed by atoms with E-state index in [0.717, 1.165) is 0 Å². The fourth-order valence-electron chi connectivity index (χ4n) is 3.42. The Morgan fingerprint density at radius 1 is 1.20 bits per heavy atom. The summed E-state index contributed by atoms with van der Waals surface area (Å²) in [5.74, 6) is 0. The quantitative estimate of drug-likeness (QED) is 0.714. The molecule has 0 radical (unpaired) electrons. The van der Waals surface area contributed by atoms with Gasteiger partial charge in [-0.1, -0.05) is 38.0 Å². The topological polar surface area (TPSA) is 3.88 Å². The van der Waals surface area contributed by atoms with Gasteiger partial charge in [0.1, 0.15) is 7.05 Å². The molecule has 1 aliphatic carbocycles. The van der Waals surface area contributed by atoms with Gasteiger partial charge in [-0.3, -0.25) is 0 Å². The van der Waals surface area contributed by atoms with Crippen LogP contribution in [0.25, 0.3) is 11.3 Å². The molecule has 0 aliphatic heterocycles. The lowest BCUT2D eigenvalue weighted by Crippen LogP contribution is -2.32. The highest BCUT2D eigenvalue weighted by Crippen LogP contribution is 2.41. The number of aryl methyl sites for hydroxylation is 2. The van der Waals surface area contributed by atoms with Crippen LogP contribution in [-0.2, 0) is 12.5 Å². The number of rotatable bonds is 2. The van der Waals surface area contributed by atoms with Crippen LogP contribution >= 0.6 is 0 Å². The van der Waals surface area contributed by atoms with Gasteiger partial charge in [-0.05, 0) is 42.4 Å². The van der Waals surface area contributed by atoms with Crippen molar-refractivity contribution in [3.05, 3.63) is 53.7 Å². The molecule has 1 fully saturated rings. The molecule has 20 heavy (non-hydrogen) atoms. The summed E-state index contributed by atoms with van der Waals surface area (Å²) in [5.41, 5.74) is 5.17. The first-order chi connectivity index (χ1) is 10.0. The standard InChI is InChI=1S/C19H24N/c1-15-8-4-5-9-17(15)18-14-16(10-13-20(18)3)19(2)11-6-7-12-19/h4-5,8-10,13-14H,6-7,11-12H2,1-3H3/q+1/i10D. The maximum atomic E-state index is 8.39. The lowest BCUT2D eigenvalue weighted by atomic mass is 9.81. The molecule has 1 saturated carbocycles. The molecule has 1 aromatic heterocycles. The summed E-state index contributed by atoms with van der Waals surface area (Å²) in [5, 5.41) is 0. The van der Waals surface area contributed by atoms with E-state index in [1.165, 1.54) is 48.1 Å². The number of nitrogens with zero attached hydrogens (tertiary/aromatic N) is 1. The molecule has 0 atom stereocenters. The normalized spacial score (nSPS) is 18.1. The molecule has 1 heteroatoms. The van der Waals surface area contributed by atoms with E-state index in [-0.39, 0.29) is 5.41 Å². The van der Waals surface area contributed by atoms with Gasteiger partial charge in [-0.2, -0.15) is 0 Å². The lowest BCUT2D eigenvalue weighted by molar-refractivity contribution is -0.660. The van der Waals surface area contributed by atoms with Crippen molar-refractivity contribution in [3.63, 3.8) is 0 Å². The predicted molar refractivity (Wildman–Crippen MR) is 83.6 cm³/mol. The van der Waals surface area contributed by atoms with Gasteiger partial charge < -0.3 is 0 Å². The number of hydrogen-bond acceptors (Lipinski definition) is 0. The highest BCUT2D eigenvalue weighted by molar-refractivity contribution is 5.61. The summed E-state index contributed by atoms with van der Waals surface area (Å²) < 4.78 is 10.5. The number of aromatic nitrogens is 1. The van der Waals surface area contributed by atoms with Crippen molar-refractivity contribution in [1.82, 2.24) is 0 Å². The SMILES string of the molecule is [2H]c1c[n+](C)c(-c2ccccc2C)cc1C1(C)CCCC1. The smallest absolute Gasteiger partial charge is 0.201 e. The lowest BCUT2D eigenvalue weighted by Gasteiger charge is -2.24. The fourth-order valence-corrected chi connectivity index (χ4v) is 3.42. The van der Waals surface area contributed by atoms with Gasteiger partial charge >= 0.3 is 0 Å². The third-order valence-corrected chi connectivity index (χ3v) is 4.85. The summed E-state index contributed by atoms with van der Waals surface area (Å²) in [7, 11) is 2.04. The number of benzene rings is 1. The summed E-state index contributed by atoms with van der Waals surface area (Å²) in [6.45, 7) is 4.48. The van der Waals surface area contributed by atoms with Crippen molar-refractivity contribution in [1.29, 1.82) is 0 Å². The highest BCUT2D eigenvalue weighted by Gasteiger charge is 2.32. The second-order valence-corrected chi connectivity index (χ2v) is 6.41. The Labute approximate surface area is 123 Å². The van der Waals surface area contributed by atoms with E-state index in [1.807, 2.05) is 13.2 Å². The van der Waals surface area contributed by atoms with Crippen LogP contribution in [0.4, 0.5) is 0 Å². The molecule has 2 aromatic rings. The highest BCUT2D eigenvalue weighted by atomic mass is 14.9. The van der Waals surface area contributed by atoms with Gasteiger partial charge in [-0.15, -0.1) is 0 Å². The second-order valence-electron chi connectivity index (χ2n) is 6.41. The molecule has 0 unspecified atom stereocenters. The van der Waals surface area contributed by atoms with Gasteiger partial charge in [0.15, 0.2) is 6.20 Å². The average Bonchev–Trinajstić information content (AvgIpc) is 2.88. The van der Waals surface area contributed by atoms with Crippen LogP contribution in [0.1, 0.15) is 45.1 Å². The molecule has 0 spiro atoms. The van der Waals surface area contributed by atoms with E-state index in [9.17, 15) is 0 Å². The zero-order chi connectivity index (χ0) is 15.0. The van der Waals surface area contributed by atoms with Crippen LogP contribution in [0, 0.1) is 6.92 Å². The molecule has 0 saturated heterocycles. The van der Waals surface area contributed by atoms with Crippen LogP contribution in [0.3, 0.4) is 0 Å². The molecule has 0 N–H and O–H groups in total. The maximum absolute atomic E-state index is 8.39. The zero-order valence-electron chi connectivity index (χ0n) is 13.7. The molecule has 1 aromatic carbocycles. The van der Waals surface area contributed by atoms with Crippen molar-refractivity contribution in [2.24, 2.45) is 7.05 Å². The Balaban J connectivity index is 2.17. The van der Waals surface area contributed by atoms with Crippen LogP contribution < -0.4 is 4.57 Å². The minimum atomic E-state index is 0.183. The Kier molecular flexibility index (Phi) is 3.06. The number of pyridine rings is 1. The molecule has 0 bridgehead atoms. The minimum absolute atomic E-state index is 0.183. The van der Waals surface area contributed by atoms with Crippen LogP contribution in [0.5, 0.6) is 0 Å². The van der Waals surface area contributed by atoms with E-state index in [2.05, 4.69) is 48.7 Å². The van der Waals surface area contributed by atoms with Crippen LogP contribution in [-0.4, -0.2) is 0 Å². The van der Waals surface area contributed by atoms with Gasteiger partial charge in [0.25, 0.3) is 0 Å². The molecule has 1 aliphatic rings. The second kappa shape index (κ2) is 5.05. The van der Waals surface area contributed by atoms with Gasteiger partial charge in [0.2, 0.25) is 5.69 Å². The third-order valence-electron chi connectivity index (χ3n) is 4.85. The Hall–Kier alpha value is -1.63. The molecular weight excluding hydrogens is 242 g/mol. The average molecular weight is 267 g/mol. The molecule has 1 heterocycles. The maximum Gasteiger partial charge on any atom is 0.212 e. The van der Waals surface area contributed by atoms with Crippen molar-refractivity contribution >= 4 is 0 Å². The van der Waals surface area contributed by atoms with E-state index < -0.39 is 0 Å². The molecular formula is C19H24N+. The first kappa shape index (κ1) is 12.1. The largest absolute Gasteiger partial charge is 0.212 e. The summed E-state index contributed by atoms with van der Waals surface area (Å²) in [6, 6.07) is 11.4. The first-order valence-electron chi connectivity index (χ1n) is 8.08. The summed E-state index contributed by atoms with van der Waals surface area (Å²) in [6.07, 6.45) is 6.97. The van der Waals surface area contributed by atoms with E-state index in [4.69, 9.17) is 1.37 Å². The molecule has 0 amide bonds. The Bertz CT molecular complexity index is 669. The molecule has 1 nitrogen and oxygen atoms in total. The van der Waals surface area contributed by atoms with Crippen molar-refractivity contribution in [2.45, 2.75) is 44.9 Å². The van der Waals surface area contributed by atoms with E-state index in [1.54, 1.807) is 0 Å². The zero-order valence-corrected chi connectivity index (χ0v) is 12.7. The van der Waals surface area contributed by atoms with Crippen molar-refractivity contribution in [2.75, 3.05) is 0 Å². The van der Waals surface area contributed by atoms with Gasteiger partial charge in [0, 0.05) is 17.7 Å². The fraction of sp³-hybridized carbons (Fsp3) is 0.421.